The molecule has 1 N–H and O–H groups in total. The van der Waals surface area contributed by atoms with Crippen LogP contribution in [0.4, 0.5) is 5.95 Å². The summed E-state index contributed by atoms with van der Waals surface area (Å²) < 4.78 is 1.96. The zero-order valence-electron chi connectivity index (χ0n) is 14.3. The van der Waals surface area contributed by atoms with Crippen LogP contribution in [0.3, 0.4) is 0 Å². The Morgan fingerprint density at radius 3 is 2.70 bits per heavy atom. The van der Waals surface area contributed by atoms with Crippen LogP contribution in [0.25, 0.3) is 10.8 Å². The molecule has 0 radical (unpaired) electrons. The second kappa shape index (κ2) is 6.55. The molecule has 1 aliphatic rings. The molecule has 2 heterocycles. The standard InChI is InChI=1S/C21H16Cl2N4/c22-14-8-9-17(18(23)10-14)19-11-20(27-21(26-19)24-12-25-27)16-7-3-5-13-4-1-2-6-15(13)16/h1-10,12,19-20H,11H2,(H,24,25,26)/t19-,20+/m0/s1. The van der Waals surface area contributed by atoms with E-state index in [9.17, 15) is 0 Å². The molecule has 3 aromatic carbocycles. The maximum Gasteiger partial charge on any atom is 0.222 e. The molecular weight excluding hydrogens is 379 g/mol. The van der Waals surface area contributed by atoms with Gasteiger partial charge in [-0.3, -0.25) is 0 Å². The van der Waals surface area contributed by atoms with Crippen LogP contribution in [0, 0.1) is 0 Å². The normalized spacial score (nSPS) is 18.9. The minimum Gasteiger partial charge on any atom is -0.347 e. The fourth-order valence-corrected chi connectivity index (χ4v) is 4.45. The van der Waals surface area contributed by atoms with E-state index >= 15 is 0 Å². The number of nitrogens with one attached hydrogen (secondary N) is 1. The molecule has 2 atom stereocenters. The Kier molecular flexibility index (Phi) is 4.03. The van der Waals surface area contributed by atoms with Crippen LogP contribution < -0.4 is 5.32 Å². The van der Waals surface area contributed by atoms with Crippen LogP contribution in [-0.2, 0) is 0 Å². The van der Waals surface area contributed by atoms with Crippen molar-refractivity contribution >= 4 is 39.9 Å². The summed E-state index contributed by atoms with van der Waals surface area (Å²) in [5, 5.41) is 11.7. The van der Waals surface area contributed by atoms with E-state index in [1.165, 1.54) is 16.3 Å². The first kappa shape index (κ1) is 16.6. The molecule has 0 bridgehead atoms. The number of halogens is 2. The third-order valence-corrected chi connectivity index (χ3v) is 5.71. The van der Waals surface area contributed by atoms with Gasteiger partial charge in [0, 0.05) is 10.0 Å². The minimum atomic E-state index is 0.0236. The number of hydrogen-bond acceptors (Lipinski definition) is 3. The van der Waals surface area contributed by atoms with Gasteiger partial charge >= 0.3 is 0 Å². The largest absolute Gasteiger partial charge is 0.347 e. The quantitative estimate of drug-likeness (QED) is 0.461. The second-order valence-electron chi connectivity index (χ2n) is 6.71. The van der Waals surface area contributed by atoms with Gasteiger partial charge in [-0.15, -0.1) is 0 Å². The number of aromatic nitrogens is 3. The SMILES string of the molecule is Clc1ccc([C@@H]2C[C@H](c3cccc4ccccc34)n3ncnc3N2)c(Cl)c1. The lowest BCUT2D eigenvalue weighted by Gasteiger charge is -2.32. The summed E-state index contributed by atoms with van der Waals surface area (Å²) in [7, 11) is 0. The number of anilines is 1. The van der Waals surface area contributed by atoms with Crippen molar-refractivity contribution in [2.45, 2.75) is 18.5 Å². The smallest absolute Gasteiger partial charge is 0.222 e. The first-order valence-electron chi connectivity index (χ1n) is 8.79. The average molecular weight is 395 g/mol. The van der Waals surface area contributed by atoms with E-state index in [2.05, 4.69) is 57.9 Å². The summed E-state index contributed by atoms with van der Waals surface area (Å²) in [5.74, 6) is 0.746. The third kappa shape index (κ3) is 2.85. The average Bonchev–Trinajstić information content (AvgIpc) is 3.15. The van der Waals surface area contributed by atoms with E-state index in [4.69, 9.17) is 23.2 Å². The molecule has 6 heteroatoms. The highest BCUT2D eigenvalue weighted by Gasteiger charge is 2.31. The molecule has 1 aliphatic heterocycles. The summed E-state index contributed by atoms with van der Waals surface area (Å²) in [5.41, 5.74) is 2.25. The molecule has 4 aromatic rings. The molecule has 0 spiro atoms. The van der Waals surface area contributed by atoms with Gasteiger partial charge in [0.05, 0.1) is 12.1 Å². The number of fused-ring (bicyclic) bond motifs is 2. The van der Waals surface area contributed by atoms with Gasteiger partial charge in [-0.1, -0.05) is 71.7 Å². The second-order valence-corrected chi connectivity index (χ2v) is 7.55. The van der Waals surface area contributed by atoms with Gasteiger partial charge in [-0.25, -0.2) is 4.68 Å². The Hall–Kier alpha value is -2.56. The Morgan fingerprint density at radius 1 is 0.963 bits per heavy atom. The molecule has 0 saturated carbocycles. The molecule has 5 rings (SSSR count). The maximum atomic E-state index is 6.49. The van der Waals surface area contributed by atoms with Gasteiger partial charge in [0.1, 0.15) is 6.33 Å². The van der Waals surface area contributed by atoms with Gasteiger partial charge in [-0.05, 0) is 40.5 Å². The van der Waals surface area contributed by atoms with Crippen LogP contribution in [0.5, 0.6) is 0 Å². The van der Waals surface area contributed by atoms with Crippen LogP contribution in [0.1, 0.15) is 29.6 Å². The van der Waals surface area contributed by atoms with E-state index < -0.39 is 0 Å². The summed E-state index contributed by atoms with van der Waals surface area (Å²) in [6.45, 7) is 0. The predicted octanol–water partition coefficient (Wildman–Crippen LogP) is 5.88. The molecule has 0 amide bonds. The van der Waals surface area contributed by atoms with E-state index in [1.54, 1.807) is 12.4 Å². The first-order valence-corrected chi connectivity index (χ1v) is 9.55. The van der Waals surface area contributed by atoms with E-state index in [-0.39, 0.29) is 12.1 Å². The van der Waals surface area contributed by atoms with E-state index in [0.29, 0.717) is 10.0 Å². The molecule has 1 aromatic heterocycles. The molecular formula is C21H16Cl2N4. The van der Waals surface area contributed by atoms with Crippen LogP contribution in [0.15, 0.2) is 67.0 Å². The van der Waals surface area contributed by atoms with Gasteiger partial charge in [0.25, 0.3) is 0 Å². The first-order chi connectivity index (χ1) is 13.2. The lowest BCUT2D eigenvalue weighted by Crippen LogP contribution is -2.28. The van der Waals surface area contributed by atoms with Crippen molar-refractivity contribution in [1.82, 2.24) is 14.8 Å². The number of hydrogen-bond donors (Lipinski definition) is 1. The summed E-state index contributed by atoms with van der Waals surface area (Å²) in [4.78, 5) is 4.41. The lowest BCUT2D eigenvalue weighted by molar-refractivity contribution is 0.433. The summed E-state index contributed by atoms with van der Waals surface area (Å²) in [6, 6.07) is 20.6. The predicted molar refractivity (Wildman–Crippen MR) is 110 cm³/mol. The fraction of sp³-hybridized carbons (Fsp3) is 0.143. The van der Waals surface area contributed by atoms with Gasteiger partial charge in [0.15, 0.2) is 0 Å². The van der Waals surface area contributed by atoms with Crippen molar-refractivity contribution in [1.29, 1.82) is 0 Å². The monoisotopic (exact) mass is 394 g/mol. The van der Waals surface area contributed by atoms with E-state index in [1.807, 2.05) is 16.8 Å². The molecule has 4 nitrogen and oxygen atoms in total. The zero-order chi connectivity index (χ0) is 18.4. The Bertz CT molecular complexity index is 1130. The Labute approximate surface area is 166 Å². The Balaban J connectivity index is 1.64. The van der Waals surface area contributed by atoms with Gasteiger partial charge in [-0.2, -0.15) is 10.1 Å². The van der Waals surface area contributed by atoms with Crippen molar-refractivity contribution in [2.24, 2.45) is 0 Å². The van der Waals surface area contributed by atoms with Gasteiger partial charge in [0.2, 0.25) is 5.95 Å². The Morgan fingerprint density at radius 2 is 1.81 bits per heavy atom. The molecule has 0 fully saturated rings. The van der Waals surface area contributed by atoms with Crippen molar-refractivity contribution in [3.8, 4) is 0 Å². The highest BCUT2D eigenvalue weighted by atomic mass is 35.5. The third-order valence-electron chi connectivity index (χ3n) is 5.15. The minimum absolute atomic E-state index is 0.0236. The van der Waals surface area contributed by atoms with Crippen LogP contribution in [0.2, 0.25) is 10.0 Å². The molecule has 0 saturated heterocycles. The number of rotatable bonds is 2. The number of benzene rings is 3. The van der Waals surface area contributed by atoms with Crippen molar-refractivity contribution < 1.29 is 0 Å². The van der Waals surface area contributed by atoms with Crippen molar-refractivity contribution in [2.75, 3.05) is 5.32 Å². The number of nitrogens with zero attached hydrogens (tertiary/aromatic N) is 3. The highest BCUT2D eigenvalue weighted by molar-refractivity contribution is 6.35. The van der Waals surface area contributed by atoms with Crippen molar-refractivity contribution in [3.05, 3.63) is 88.2 Å². The van der Waals surface area contributed by atoms with E-state index in [0.717, 1.165) is 17.9 Å². The summed E-state index contributed by atoms with van der Waals surface area (Å²) in [6.07, 6.45) is 2.40. The highest BCUT2D eigenvalue weighted by Crippen LogP contribution is 2.41. The topological polar surface area (TPSA) is 42.7 Å². The molecule has 0 unspecified atom stereocenters. The lowest BCUT2D eigenvalue weighted by atomic mass is 9.90. The molecule has 134 valence electrons. The van der Waals surface area contributed by atoms with Crippen molar-refractivity contribution in [3.63, 3.8) is 0 Å². The molecule has 27 heavy (non-hydrogen) atoms. The van der Waals surface area contributed by atoms with Crippen LogP contribution in [-0.4, -0.2) is 14.8 Å². The van der Waals surface area contributed by atoms with Gasteiger partial charge < -0.3 is 5.32 Å². The fourth-order valence-electron chi connectivity index (χ4n) is 3.91. The van der Waals surface area contributed by atoms with Crippen LogP contribution >= 0.6 is 23.2 Å². The maximum absolute atomic E-state index is 6.49. The summed E-state index contributed by atoms with van der Waals surface area (Å²) >= 11 is 12.6. The molecule has 0 aliphatic carbocycles. The zero-order valence-corrected chi connectivity index (χ0v) is 15.8.